The van der Waals surface area contributed by atoms with E-state index in [0.29, 0.717) is 56.5 Å². The first-order chi connectivity index (χ1) is 30.3. The summed E-state index contributed by atoms with van der Waals surface area (Å²) in [4.78, 5) is 26.2. The highest BCUT2D eigenvalue weighted by Gasteiger charge is 2.34. The molecule has 2 aromatic heterocycles. The van der Waals surface area contributed by atoms with Gasteiger partial charge in [-0.15, -0.1) is 22.7 Å². The molecule has 0 radical (unpaired) electrons. The normalized spacial score (nSPS) is 17.0. The van der Waals surface area contributed by atoms with Crippen LogP contribution in [0.4, 0.5) is 0 Å². The molecule has 4 heterocycles. The van der Waals surface area contributed by atoms with Crippen molar-refractivity contribution in [2.24, 2.45) is 0 Å². The summed E-state index contributed by atoms with van der Waals surface area (Å²) < 4.78 is 61.0. The summed E-state index contributed by atoms with van der Waals surface area (Å²) in [7, 11) is -5.45. The predicted octanol–water partition coefficient (Wildman–Crippen LogP) is 7.88. The number of unbranched alkanes of at least 4 members (excludes halogenated alkanes) is 6. The van der Waals surface area contributed by atoms with Gasteiger partial charge in [0.25, 0.3) is 31.9 Å². The number of thiophene rings is 2. The molecule has 0 saturated carbocycles. The predicted molar refractivity (Wildman–Crippen MR) is 254 cm³/mol. The fraction of sp³-hybridized carbons (Fsp3) is 0.511. The van der Waals surface area contributed by atoms with Gasteiger partial charge in [0.2, 0.25) is 0 Å². The molecule has 13 nitrogen and oxygen atoms in total. The number of hydrogen-bond acceptors (Lipinski definition) is 11. The highest BCUT2D eigenvalue weighted by molar-refractivity contribution is 7.91. The van der Waals surface area contributed by atoms with E-state index in [1.165, 1.54) is 61.2 Å². The van der Waals surface area contributed by atoms with Crippen LogP contribution in [0.3, 0.4) is 0 Å². The van der Waals surface area contributed by atoms with Crippen molar-refractivity contribution in [2.45, 2.75) is 112 Å². The van der Waals surface area contributed by atoms with Gasteiger partial charge in [0.15, 0.2) is 0 Å². The standard InChI is InChI=1S/C24H35N3O4S2.C21H28ClN3O3S2/c1-3-4-5-6-7-14-25-20-13-15-27(18-20)33(29,30)23-12-11-22(32-23)17-26-24(28)19-9-8-10-21(16-19)31-2;1-2-3-4-12-23-18-11-13-25(15-18)30(27,28)20-10-9-19(29-20)14-24-21(26)16-5-7-17(22)8-6-16/h8-12,16,20,25H,3-7,13-15,17-18H2,1-2H3,(H,26,28);5-10,18,23H,2-4,11-15H2,1H3,(H,24,26). The molecule has 2 unspecified atom stereocenters. The Morgan fingerprint density at radius 1 is 0.667 bits per heavy atom. The first-order valence-electron chi connectivity index (χ1n) is 21.9. The molecule has 2 aliphatic rings. The van der Waals surface area contributed by atoms with Gasteiger partial charge in [-0.3, -0.25) is 9.59 Å². The van der Waals surface area contributed by atoms with Crippen molar-refractivity contribution in [3.63, 3.8) is 0 Å². The molecule has 4 aromatic rings. The van der Waals surface area contributed by atoms with Crippen LogP contribution < -0.4 is 26.0 Å². The first kappa shape index (κ1) is 50.6. The Balaban J connectivity index is 0.000000239. The SMILES string of the molecule is CCCCCCCNC1CCN(S(=O)(=O)c2ccc(CNC(=O)c3cccc(OC)c3)s2)C1.CCCCCNC1CCN(S(=O)(=O)c2ccc(CNC(=O)c3ccc(Cl)cc3)s2)C1. The Kier molecular flexibility index (Phi) is 20.4. The molecule has 2 fully saturated rings. The number of nitrogens with zero attached hydrogens (tertiary/aromatic N) is 2. The smallest absolute Gasteiger partial charge is 0.252 e. The number of carbonyl (C=O) groups excluding carboxylic acids is 2. The molecule has 2 amide bonds. The lowest BCUT2D eigenvalue weighted by atomic mass is 10.1. The molecule has 0 bridgehead atoms. The van der Waals surface area contributed by atoms with Crippen LogP contribution in [0.2, 0.25) is 5.02 Å². The van der Waals surface area contributed by atoms with Crippen LogP contribution in [0, 0.1) is 0 Å². The molecule has 18 heteroatoms. The Labute approximate surface area is 387 Å². The van der Waals surface area contributed by atoms with E-state index in [-0.39, 0.29) is 37.0 Å². The number of ether oxygens (including phenoxy) is 1. The molecule has 4 N–H and O–H groups in total. The minimum Gasteiger partial charge on any atom is -0.497 e. The molecule has 63 heavy (non-hydrogen) atoms. The third-order valence-electron chi connectivity index (χ3n) is 11.0. The fourth-order valence-electron chi connectivity index (χ4n) is 7.28. The minimum atomic E-state index is -3.51. The Bertz CT molecular complexity index is 2270. The van der Waals surface area contributed by atoms with Crippen molar-refractivity contribution < 1.29 is 31.2 Å². The van der Waals surface area contributed by atoms with Gasteiger partial charge in [-0.05, 0) is 106 Å². The highest BCUT2D eigenvalue weighted by Crippen LogP contribution is 2.29. The van der Waals surface area contributed by atoms with Crippen LogP contribution in [-0.2, 0) is 33.1 Å². The second-order valence-electron chi connectivity index (χ2n) is 15.8. The van der Waals surface area contributed by atoms with Crippen LogP contribution in [-0.4, -0.2) is 95.7 Å². The maximum absolute atomic E-state index is 13.1. The highest BCUT2D eigenvalue weighted by atomic mass is 35.5. The van der Waals surface area contributed by atoms with Crippen molar-refractivity contribution >= 4 is 66.1 Å². The van der Waals surface area contributed by atoms with Crippen molar-refractivity contribution in [1.82, 2.24) is 29.9 Å². The van der Waals surface area contributed by atoms with E-state index in [1.54, 1.807) is 88.5 Å². The van der Waals surface area contributed by atoms with Gasteiger partial charge >= 0.3 is 0 Å². The number of nitrogens with one attached hydrogen (secondary N) is 4. The average Bonchev–Trinajstić information content (AvgIpc) is 4.14. The largest absolute Gasteiger partial charge is 0.497 e. The van der Waals surface area contributed by atoms with E-state index in [9.17, 15) is 26.4 Å². The Hall–Kier alpha value is -3.39. The van der Waals surface area contributed by atoms with E-state index >= 15 is 0 Å². The molecule has 0 aliphatic carbocycles. The van der Waals surface area contributed by atoms with E-state index in [2.05, 4.69) is 35.1 Å². The van der Waals surface area contributed by atoms with Crippen molar-refractivity contribution in [3.05, 3.63) is 98.7 Å². The second kappa shape index (κ2) is 25.3. The quantitative estimate of drug-likeness (QED) is 0.0541. The van der Waals surface area contributed by atoms with Crippen LogP contribution in [0.15, 0.2) is 81.2 Å². The van der Waals surface area contributed by atoms with Crippen molar-refractivity contribution in [2.75, 3.05) is 46.4 Å². The molecule has 0 spiro atoms. The summed E-state index contributed by atoms with van der Waals surface area (Å²) >= 11 is 8.26. The summed E-state index contributed by atoms with van der Waals surface area (Å²) in [6, 6.07) is 20.8. The molecule has 6 rings (SSSR count). The molecule has 2 aromatic carbocycles. The lowest BCUT2D eigenvalue weighted by molar-refractivity contribution is 0.0943. The maximum Gasteiger partial charge on any atom is 0.252 e. The van der Waals surface area contributed by atoms with E-state index in [0.717, 1.165) is 48.5 Å². The van der Waals surface area contributed by atoms with Crippen LogP contribution in [0.1, 0.15) is 109 Å². The molecule has 2 aliphatic heterocycles. The van der Waals surface area contributed by atoms with Gasteiger partial charge in [-0.25, -0.2) is 16.8 Å². The Morgan fingerprint density at radius 3 is 1.68 bits per heavy atom. The van der Waals surface area contributed by atoms with Crippen LogP contribution >= 0.6 is 34.3 Å². The third-order valence-corrected chi connectivity index (χ3v) is 18.1. The summed E-state index contributed by atoms with van der Waals surface area (Å²) in [6.07, 6.45) is 11.3. The number of benzene rings is 2. The molecular formula is C45H63ClN6O7S4. The topological polar surface area (TPSA) is 166 Å². The van der Waals surface area contributed by atoms with Crippen LogP contribution in [0.5, 0.6) is 5.75 Å². The summed E-state index contributed by atoms with van der Waals surface area (Å²) in [5, 5.41) is 13.2. The molecular weight excluding hydrogens is 900 g/mol. The van der Waals surface area contributed by atoms with Gasteiger partial charge in [0.05, 0.1) is 20.2 Å². The van der Waals surface area contributed by atoms with E-state index in [1.807, 2.05) is 0 Å². The average molecular weight is 964 g/mol. The van der Waals surface area contributed by atoms with Gasteiger partial charge in [0, 0.05) is 64.2 Å². The zero-order valence-corrected chi connectivity index (χ0v) is 40.6. The maximum atomic E-state index is 13.1. The molecule has 346 valence electrons. The van der Waals surface area contributed by atoms with Gasteiger partial charge in [0.1, 0.15) is 14.2 Å². The number of sulfonamides is 2. The summed E-state index contributed by atoms with van der Waals surface area (Å²) in [5.74, 6) is 0.165. The number of carbonyl (C=O) groups is 2. The van der Waals surface area contributed by atoms with E-state index in [4.69, 9.17) is 16.3 Å². The number of amides is 2. The summed E-state index contributed by atoms with van der Waals surface area (Å²) in [5.41, 5.74) is 1.01. The number of halogens is 1. The van der Waals surface area contributed by atoms with Crippen molar-refractivity contribution in [1.29, 1.82) is 0 Å². The van der Waals surface area contributed by atoms with Gasteiger partial charge < -0.3 is 26.0 Å². The minimum absolute atomic E-state index is 0.215. The Morgan fingerprint density at radius 2 is 1.16 bits per heavy atom. The van der Waals surface area contributed by atoms with Crippen molar-refractivity contribution in [3.8, 4) is 5.75 Å². The lowest BCUT2D eigenvalue weighted by Crippen LogP contribution is -2.35. The van der Waals surface area contributed by atoms with Gasteiger partial charge in [-0.1, -0.05) is 70.0 Å². The fourth-order valence-corrected chi connectivity index (χ4v) is 13.3. The lowest BCUT2D eigenvalue weighted by Gasteiger charge is -2.16. The molecule has 2 saturated heterocycles. The summed E-state index contributed by atoms with van der Waals surface area (Å²) in [6.45, 7) is 8.90. The van der Waals surface area contributed by atoms with Gasteiger partial charge in [-0.2, -0.15) is 8.61 Å². The van der Waals surface area contributed by atoms with E-state index < -0.39 is 20.0 Å². The second-order valence-corrected chi connectivity index (χ2v) is 22.9. The molecule has 2 atom stereocenters. The zero-order valence-electron chi connectivity index (χ0n) is 36.6. The van der Waals surface area contributed by atoms with Crippen LogP contribution in [0.25, 0.3) is 0 Å². The zero-order chi connectivity index (χ0) is 45.2. The number of rotatable bonds is 23. The monoisotopic (exact) mass is 962 g/mol. The first-order valence-corrected chi connectivity index (χ1v) is 26.8. The third kappa shape index (κ3) is 15.4. The number of methoxy groups -OCH3 is 1. The number of hydrogen-bond donors (Lipinski definition) is 4.